The molecule has 1 N–H and O–H groups in total. The summed E-state index contributed by atoms with van der Waals surface area (Å²) < 4.78 is 4.90. The van der Waals surface area contributed by atoms with Gasteiger partial charge in [0.1, 0.15) is 0 Å². The smallest absolute Gasteiger partial charge is 0.407 e. The first-order valence-electron chi connectivity index (χ1n) is 4.35. The van der Waals surface area contributed by atoms with Gasteiger partial charge in [0, 0.05) is 12.0 Å². The Morgan fingerprint density at radius 3 is 3.25 bits per heavy atom. The van der Waals surface area contributed by atoms with Gasteiger partial charge in [-0.05, 0) is 19.3 Å². The summed E-state index contributed by atoms with van der Waals surface area (Å²) in [7, 11) is 0. The van der Waals surface area contributed by atoms with Gasteiger partial charge in [0.15, 0.2) is 0 Å². The number of fused-ring (bicyclic) bond motifs is 1. The van der Waals surface area contributed by atoms with Crippen LogP contribution in [0.15, 0.2) is 12.2 Å². The third-order valence-electron chi connectivity index (χ3n) is 2.66. The molecule has 2 unspecified atom stereocenters. The number of hydrogen-bond donors (Lipinski definition) is 1. The highest BCUT2D eigenvalue weighted by Crippen LogP contribution is 2.29. The Bertz CT molecular complexity index is 201. The SMILES string of the molecule is C=C1CCC2NC(=O)OCC2C1. The average Bonchev–Trinajstić information content (AvgIpc) is 2.05. The molecule has 1 aliphatic heterocycles. The van der Waals surface area contributed by atoms with Gasteiger partial charge in [-0.3, -0.25) is 0 Å². The fraction of sp³-hybridized carbons (Fsp3) is 0.667. The van der Waals surface area contributed by atoms with Gasteiger partial charge in [0.2, 0.25) is 0 Å². The van der Waals surface area contributed by atoms with Crippen LogP contribution in [0.1, 0.15) is 19.3 Å². The van der Waals surface area contributed by atoms with Crippen LogP contribution in [-0.4, -0.2) is 18.7 Å². The van der Waals surface area contributed by atoms with E-state index in [9.17, 15) is 4.79 Å². The first-order chi connectivity index (χ1) is 5.75. The Kier molecular flexibility index (Phi) is 1.79. The van der Waals surface area contributed by atoms with Crippen molar-refractivity contribution in [3.63, 3.8) is 0 Å². The van der Waals surface area contributed by atoms with E-state index in [1.54, 1.807) is 0 Å². The van der Waals surface area contributed by atoms with Crippen LogP contribution in [0, 0.1) is 5.92 Å². The van der Waals surface area contributed by atoms with Crippen molar-refractivity contribution >= 4 is 6.09 Å². The second kappa shape index (κ2) is 2.81. The summed E-state index contributed by atoms with van der Waals surface area (Å²) >= 11 is 0. The molecule has 1 heterocycles. The summed E-state index contributed by atoms with van der Waals surface area (Å²) in [5.74, 6) is 0.462. The molecule has 2 atom stereocenters. The number of rotatable bonds is 0. The zero-order valence-electron chi connectivity index (χ0n) is 7.01. The molecule has 1 saturated carbocycles. The first kappa shape index (κ1) is 7.65. The van der Waals surface area contributed by atoms with Crippen LogP contribution in [0.25, 0.3) is 0 Å². The van der Waals surface area contributed by atoms with Crippen LogP contribution in [0.3, 0.4) is 0 Å². The Labute approximate surface area is 71.8 Å². The van der Waals surface area contributed by atoms with Gasteiger partial charge in [0.25, 0.3) is 0 Å². The molecule has 2 aliphatic rings. The molecule has 12 heavy (non-hydrogen) atoms. The average molecular weight is 167 g/mol. The van der Waals surface area contributed by atoms with E-state index < -0.39 is 0 Å². The van der Waals surface area contributed by atoms with E-state index in [1.807, 2.05) is 0 Å². The molecule has 3 nitrogen and oxygen atoms in total. The summed E-state index contributed by atoms with van der Waals surface area (Å²) in [4.78, 5) is 10.8. The molecule has 1 amide bonds. The van der Waals surface area contributed by atoms with E-state index in [1.165, 1.54) is 5.57 Å². The maximum absolute atomic E-state index is 10.8. The van der Waals surface area contributed by atoms with Crippen LogP contribution in [0.4, 0.5) is 4.79 Å². The minimum Gasteiger partial charge on any atom is -0.449 e. The lowest BCUT2D eigenvalue weighted by Crippen LogP contribution is -2.49. The summed E-state index contributed by atoms with van der Waals surface area (Å²) in [5.41, 5.74) is 1.29. The molecule has 0 spiro atoms. The normalized spacial score (nSPS) is 35.0. The first-order valence-corrected chi connectivity index (χ1v) is 4.35. The quantitative estimate of drug-likeness (QED) is 0.554. The molecule has 2 rings (SSSR count). The van der Waals surface area contributed by atoms with Crippen molar-refractivity contribution in [3.05, 3.63) is 12.2 Å². The number of carbonyl (C=O) groups excluding carboxylic acids is 1. The topological polar surface area (TPSA) is 38.3 Å². The third kappa shape index (κ3) is 1.31. The van der Waals surface area contributed by atoms with Gasteiger partial charge in [-0.2, -0.15) is 0 Å². The highest BCUT2D eigenvalue weighted by atomic mass is 16.6. The lowest BCUT2D eigenvalue weighted by Gasteiger charge is -2.36. The Balaban J connectivity index is 2.02. The summed E-state index contributed by atoms with van der Waals surface area (Å²) in [6.07, 6.45) is 2.81. The van der Waals surface area contributed by atoms with Crippen LogP contribution in [-0.2, 0) is 4.74 Å². The van der Waals surface area contributed by atoms with E-state index in [0.29, 0.717) is 18.6 Å². The maximum Gasteiger partial charge on any atom is 0.407 e. The maximum atomic E-state index is 10.8. The highest BCUT2D eigenvalue weighted by molar-refractivity contribution is 5.68. The van der Waals surface area contributed by atoms with E-state index in [4.69, 9.17) is 4.74 Å². The van der Waals surface area contributed by atoms with Crippen molar-refractivity contribution in [2.45, 2.75) is 25.3 Å². The standard InChI is InChI=1S/C9H13NO2/c1-6-2-3-8-7(4-6)5-12-9(11)10-8/h7-8H,1-5H2,(H,10,11). The Morgan fingerprint density at radius 1 is 1.58 bits per heavy atom. The molecule has 0 aromatic carbocycles. The van der Waals surface area contributed by atoms with E-state index >= 15 is 0 Å². The number of alkyl carbamates (subject to hydrolysis) is 1. The molecule has 0 radical (unpaired) electrons. The lowest BCUT2D eigenvalue weighted by molar-refractivity contribution is 0.0729. The zero-order chi connectivity index (χ0) is 8.55. The zero-order valence-corrected chi connectivity index (χ0v) is 7.01. The number of allylic oxidation sites excluding steroid dienone is 1. The fourth-order valence-corrected chi connectivity index (χ4v) is 1.95. The van der Waals surface area contributed by atoms with Crippen molar-refractivity contribution in [1.82, 2.24) is 5.32 Å². The number of cyclic esters (lactones) is 1. The number of amides is 1. The number of hydrogen-bond acceptors (Lipinski definition) is 2. The van der Waals surface area contributed by atoms with Gasteiger partial charge >= 0.3 is 6.09 Å². The molecule has 0 aromatic rings. The van der Waals surface area contributed by atoms with Crippen LogP contribution in [0.2, 0.25) is 0 Å². The summed E-state index contributed by atoms with van der Waals surface area (Å²) in [6.45, 7) is 4.52. The molecule has 1 aliphatic carbocycles. The van der Waals surface area contributed by atoms with Crippen molar-refractivity contribution in [2.75, 3.05) is 6.61 Å². The molecule has 1 saturated heterocycles. The number of nitrogens with one attached hydrogen (secondary N) is 1. The molecule has 0 aromatic heterocycles. The number of ether oxygens (including phenoxy) is 1. The van der Waals surface area contributed by atoms with Crippen LogP contribution >= 0.6 is 0 Å². The largest absolute Gasteiger partial charge is 0.449 e. The minimum atomic E-state index is -0.260. The van der Waals surface area contributed by atoms with Gasteiger partial charge in [0.05, 0.1) is 6.61 Å². The second-order valence-corrected chi connectivity index (χ2v) is 3.60. The monoisotopic (exact) mass is 167 g/mol. The van der Waals surface area contributed by atoms with Gasteiger partial charge in [-0.15, -0.1) is 0 Å². The van der Waals surface area contributed by atoms with E-state index in [2.05, 4.69) is 11.9 Å². The lowest BCUT2D eigenvalue weighted by atomic mass is 9.82. The molecule has 2 fully saturated rings. The highest BCUT2D eigenvalue weighted by Gasteiger charge is 2.32. The molecular formula is C9H13NO2. The van der Waals surface area contributed by atoms with Crippen molar-refractivity contribution in [2.24, 2.45) is 5.92 Å². The summed E-state index contributed by atoms with van der Waals surface area (Å²) in [5, 5.41) is 2.84. The van der Waals surface area contributed by atoms with Crippen molar-refractivity contribution in [1.29, 1.82) is 0 Å². The predicted octanol–water partition coefficient (Wildman–Crippen LogP) is 1.45. The van der Waals surface area contributed by atoms with Crippen LogP contribution in [0.5, 0.6) is 0 Å². The molecule has 3 heteroatoms. The minimum absolute atomic E-state index is 0.260. The van der Waals surface area contributed by atoms with E-state index in [0.717, 1.165) is 19.3 Å². The molecule has 66 valence electrons. The van der Waals surface area contributed by atoms with Gasteiger partial charge in [-0.1, -0.05) is 12.2 Å². The van der Waals surface area contributed by atoms with Gasteiger partial charge < -0.3 is 10.1 Å². The van der Waals surface area contributed by atoms with Crippen LogP contribution < -0.4 is 5.32 Å². The predicted molar refractivity (Wildman–Crippen MR) is 44.8 cm³/mol. The Hall–Kier alpha value is -0.990. The third-order valence-corrected chi connectivity index (χ3v) is 2.66. The number of carbonyl (C=O) groups is 1. The second-order valence-electron chi connectivity index (χ2n) is 3.60. The molecule has 0 bridgehead atoms. The van der Waals surface area contributed by atoms with E-state index in [-0.39, 0.29) is 6.09 Å². The van der Waals surface area contributed by atoms with Crippen molar-refractivity contribution in [3.8, 4) is 0 Å². The Morgan fingerprint density at radius 2 is 2.42 bits per heavy atom. The fourth-order valence-electron chi connectivity index (χ4n) is 1.95. The van der Waals surface area contributed by atoms with Crippen molar-refractivity contribution < 1.29 is 9.53 Å². The molecular weight excluding hydrogens is 154 g/mol. The van der Waals surface area contributed by atoms with Gasteiger partial charge in [-0.25, -0.2) is 4.79 Å². The summed E-state index contributed by atoms with van der Waals surface area (Å²) in [6, 6.07) is 0.330.